The Morgan fingerprint density at radius 2 is 2.04 bits per heavy atom. The van der Waals surface area contributed by atoms with Crippen LogP contribution in [0.5, 0.6) is 0 Å². The number of fused-ring (bicyclic) bond motifs is 1. The topological polar surface area (TPSA) is 89.9 Å². The molecule has 0 atom stereocenters. The van der Waals surface area contributed by atoms with Crippen LogP contribution in [0.2, 0.25) is 0 Å². The largest absolute Gasteiger partial charge is 0.369 e. The molecule has 1 amide bonds. The molecule has 0 aliphatic rings. The van der Waals surface area contributed by atoms with Crippen molar-refractivity contribution in [1.82, 2.24) is 24.4 Å². The molecule has 0 bridgehead atoms. The van der Waals surface area contributed by atoms with E-state index in [1.807, 2.05) is 30.5 Å². The van der Waals surface area contributed by atoms with E-state index in [0.29, 0.717) is 42.3 Å². The highest BCUT2D eigenvalue weighted by atomic mass is 16.2. The number of nitrogens with zero attached hydrogens (tertiary/aromatic N) is 5. The van der Waals surface area contributed by atoms with Gasteiger partial charge in [-0.15, -0.1) is 0 Å². The lowest BCUT2D eigenvalue weighted by Crippen LogP contribution is -2.30. The highest BCUT2D eigenvalue weighted by molar-refractivity contribution is 5.96. The molecular weight excluding hydrogens is 304 g/mol. The normalized spacial score (nSPS) is 10.9. The van der Waals surface area contributed by atoms with E-state index in [0.717, 1.165) is 5.56 Å². The Morgan fingerprint density at radius 3 is 2.71 bits per heavy atom. The summed E-state index contributed by atoms with van der Waals surface area (Å²) in [6, 6.07) is 5.56. The lowest BCUT2D eigenvalue weighted by molar-refractivity contribution is 0.0752. The molecular formula is C17H20N6O. The molecule has 0 saturated heterocycles. The Hall–Kier alpha value is -2.96. The van der Waals surface area contributed by atoms with E-state index in [1.165, 1.54) is 0 Å². The first kappa shape index (κ1) is 15.9. The maximum absolute atomic E-state index is 12.8. The van der Waals surface area contributed by atoms with Crippen LogP contribution in [0.15, 0.2) is 36.8 Å². The maximum Gasteiger partial charge on any atom is 0.255 e. The van der Waals surface area contributed by atoms with Crippen molar-refractivity contribution in [3.63, 3.8) is 0 Å². The molecule has 0 radical (unpaired) electrons. The van der Waals surface area contributed by atoms with Gasteiger partial charge in [-0.1, -0.05) is 0 Å². The zero-order valence-corrected chi connectivity index (χ0v) is 13.8. The summed E-state index contributed by atoms with van der Waals surface area (Å²) in [5.41, 5.74) is 8.77. The lowest BCUT2D eigenvalue weighted by Gasteiger charge is -2.20. The summed E-state index contributed by atoms with van der Waals surface area (Å²) in [6.45, 7) is 5.75. The van der Waals surface area contributed by atoms with Gasteiger partial charge in [-0.2, -0.15) is 0 Å². The number of hydrogen-bond acceptors (Lipinski definition) is 5. The van der Waals surface area contributed by atoms with E-state index < -0.39 is 0 Å². The molecule has 124 valence electrons. The number of rotatable bonds is 5. The van der Waals surface area contributed by atoms with Gasteiger partial charge in [0.2, 0.25) is 5.95 Å². The fourth-order valence-corrected chi connectivity index (χ4v) is 2.68. The van der Waals surface area contributed by atoms with Crippen molar-refractivity contribution in [3.8, 4) is 0 Å². The first-order valence-electron chi connectivity index (χ1n) is 7.94. The van der Waals surface area contributed by atoms with Crippen LogP contribution in [0.4, 0.5) is 5.95 Å². The molecule has 3 heterocycles. The molecule has 3 aromatic rings. The number of pyridine rings is 2. The summed E-state index contributed by atoms with van der Waals surface area (Å²) in [4.78, 5) is 27.2. The first-order valence-corrected chi connectivity index (χ1v) is 7.94. The molecule has 0 spiro atoms. The molecule has 0 aromatic carbocycles. The van der Waals surface area contributed by atoms with Gasteiger partial charge in [-0.3, -0.25) is 14.3 Å². The molecule has 7 heteroatoms. The highest BCUT2D eigenvalue weighted by Crippen LogP contribution is 2.18. The van der Waals surface area contributed by atoms with Gasteiger partial charge in [0.15, 0.2) is 5.65 Å². The Kier molecular flexibility index (Phi) is 4.41. The molecule has 0 fully saturated rings. The maximum atomic E-state index is 12.8. The second kappa shape index (κ2) is 6.66. The van der Waals surface area contributed by atoms with E-state index in [2.05, 4.69) is 15.0 Å². The monoisotopic (exact) mass is 324 g/mol. The summed E-state index contributed by atoms with van der Waals surface area (Å²) >= 11 is 0. The molecule has 24 heavy (non-hydrogen) atoms. The molecule has 0 aliphatic carbocycles. The van der Waals surface area contributed by atoms with E-state index in [9.17, 15) is 4.79 Å². The quantitative estimate of drug-likeness (QED) is 0.776. The summed E-state index contributed by atoms with van der Waals surface area (Å²) in [5, 5.41) is 0. The minimum absolute atomic E-state index is 0.0756. The van der Waals surface area contributed by atoms with Gasteiger partial charge >= 0.3 is 0 Å². The van der Waals surface area contributed by atoms with Crippen molar-refractivity contribution in [2.75, 3.05) is 12.3 Å². The number of nitrogen functional groups attached to an aromatic ring is 1. The van der Waals surface area contributed by atoms with Gasteiger partial charge in [0.25, 0.3) is 5.91 Å². The summed E-state index contributed by atoms with van der Waals surface area (Å²) < 4.78 is 1.82. The van der Waals surface area contributed by atoms with Gasteiger partial charge in [-0.25, -0.2) is 9.97 Å². The number of aromatic nitrogens is 4. The van der Waals surface area contributed by atoms with Gasteiger partial charge in [0.1, 0.15) is 5.52 Å². The molecule has 3 aromatic heterocycles. The van der Waals surface area contributed by atoms with Crippen LogP contribution >= 0.6 is 0 Å². The van der Waals surface area contributed by atoms with Crippen molar-refractivity contribution in [2.45, 2.75) is 26.9 Å². The molecule has 2 N–H and O–H groups in total. The molecule has 3 rings (SSSR count). The number of hydrogen-bond donors (Lipinski definition) is 1. The van der Waals surface area contributed by atoms with Crippen molar-refractivity contribution in [1.29, 1.82) is 0 Å². The number of nitrogens with two attached hydrogens (primary N) is 1. The third kappa shape index (κ3) is 2.92. The van der Waals surface area contributed by atoms with Crippen LogP contribution in [0.3, 0.4) is 0 Å². The molecule has 0 aliphatic heterocycles. The fourth-order valence-electron chi connectivity index (χ4n) is 2.68. The van der Waals surface area contributed by atoms with E-state index in [-0.39, 0.29) is 5.91 Å². The number of amides is 1. The Bertz CT molecular complexity index is 858. The fraction of sp³-hybridized carbons (Fsp3) is 0.294. The third-order valence-corrected chi connectivity index (χ3v) is 3.97. The van der Waals surface area contributed by atoms with Gasteiger partial charge in [0, 0.05) is 38.2 Å². The Labute approximate surface area is 140 Å². The zero-order chi connectivity index (χ0) is 17.1. The van der Waals surface area contributed by atoms with Gasteiger partial charge < -0.3 is 10.6 Å². The summed E-state index contributed by atoms with van der Waals surface area (Å²) in [7, 11) is 0. The van der Waals surface area contributed by atoms with E-state index >= 15 is 0 Å². The average Bonchev–Trinajstić information content (AvgIpc) is 2.94. The lowest BCUT2D eigenvalue weighted by atomic mass is 10.2. The number of anilines is 1. The number of carbonyl (C=O) groups excluding carboxylic acids is 1. The second-order valence-electron chi connectivity index (χ2n) is 5.46. The van der Waals surface area contributed by atoms with Crippen molar-refractivity contribution in [3.05, 3.63) is 47.9 Å². The van der Waals surface area contributed by atoms with E-state index in [1.54, 1.807) is 29.6 Å². The summed E-state index contributed by atoms with van der Waals surface area (Å²) in [5.74, 6) is 0.335. The minimum atomic E-state index is -0.0756. The average molecular weight is 324 g/mol. The van der Waals surface area contributed by atoms with Gasteiger partial charge in [0.05, 0.1) is 5.56 Å². The predicted molar refractivity (Wildman–Crippen MR) is 92.3 cm³/mol. The summed E-state index contributed by atoms with van der Waals surface area (Å²) in [6.07, 6.45) is 5.04. The standard InChI is InChI=1S/C17H20N6O/c1-3-22(11-12-5-7-19-8-6-12)16(24)13-9-14-15(20-10-13)23(4-2)17(18)21-14/h5-10H,3-4,11H2,1-2H3,(H2,18,21). The third-order valence-electron chi connectivity index (χ3n) is 3.97. The van der Waals surface area contributed by atoms with Crippen LogP contribution in [0.25, 0.3) is 11.2 Å². The predicted octanol–water partition coefficient (Wildman–Crippen LogP) is 2.09. The van der Waals surface area contributed by atoms with E-state index in [4.69, 9.17) is 5.73 Å². The Balaban J connectivity index is 1.89. The van der Waals surface area contributed by atoms with Crippen molar-refractivity contribution in [2.24, 2.45) is 0 Å². The SMILES string of the molecule is CCN(Cc1ccncc1)C(=O)c1cnc2c(c1)nc(N)n2CC. The number of carbonyl (C=O) groups is 1. The molecule has 0 saturated carbocycles. The zero-order valence-electron chi connectivity index (χ0n) is 13.8. The van der Waals surface area contributed by atoms with Crippen molar-refractivity contribution >= 4 is 23.0 Å². The molecule has 0 unspecified atom stereocenters. The van der Waals surface area contributed by atoms with Crippen LogP contribution in [0, 0.1) is 0 Å². The van der Waals surface area contributed by atoms with Crippen LogP contribution in [-0.2, 0) is 13.1 Å². The van der Waals surface area contributed by atoms with Crippen LogP contribution < -0.4 is 5.73 Å². The Morgan fingerprint density at radius 1 is 1.29 bits per heavy atom. The van der Waals surface area contributed by atoms with Crippen molar-refractivity contribution < 1.29 is 4.79 Å². The second-order valence-corrected chi connectivity index (χ2v) is 5.46. The number of imidazole rings is 1. The smallest absolute Gasteiger partial charge is 0.255 e. The highest BCUT2D eigenvalue weighted by Gasteiger charge is 2.17. The van der Waals surface area contributed by atoms with Crippen LogP contribution in [-0.4, -0.2) is 36.9 Å². The minimum Gasteiger partial charge on any atom is -0.369 e. The first-order chi connectivity index (χ1) is 11.6. The number of aryl methyl sites for hydroxylation is 1. The molecule has 7 nitrogen and oxygen atoms in total. The van der Waals surface area contributed by atoms with Gasteiger partial charge in [-0.05, 0) is 37.6 Å². The van der Waals surface area contributed by atoms with Crippen LogP contribution in [0.1, 0.15) is 29.8 Å².